The number of nitrogens with two attached hydrogens (primary N) is 1. The standard InChI is InChI=1S/C22H24F4N2O2.C2H6/c1-13(2)17-10-18(21(27)29)19(23)11-20(17)30-12-16-4-3-9-28(16)15-7-5-14(6-8-15)22(24,25)26;1-2/h5-8,10-11,13,16H,3-4,9,12H2,1-2H3,(H2,27,29);1-2H3. The maximum absolute atomic E-state index is 14.2. The molecule has 1 aliphatic rings. The van der Waals surface area contributed by atoms with E-state index >= 15 is 0 Å². The molecule has 3 rings (SSSR count). The lowest BCUT2D eigenvalue weighted by molar-refractivity contribution is -0.137. The van der Waals surface area contributed by atoms with Crippen LogP contribution in [0.1, 0.15) is 67.9 Å². The van der Waals surface area contributed by atoms with Crippen molar-refractivity contribution < 1.29 is 27.1 Å². The van der Waals surface area contributed by atoms with Gasteiger partial charge in [-0.25, -0.2) is 4.39 Å². The third-order valence-corrected chi connectivity index (χ3v) is 5.32. The van der Waals surface area contributed by atoms with Crippen molar-refractivity contribution in [2.75, 3.05) is 18.1 Å². The van der Waals surface area contributed by atoms with Crippen LogP contribution in [0.4, 0.5) is 23.2 Å². The highest BCUT2D eigenvalue weighted by Gasteiger charge is 2.31. The van der Waals surface area contributed by atoms with Gasteiger partial charge in [-0.15, -0.1) is 0 Å². The van der Waals surface area contributed by atoms with Crippen molar-refractivity contribution in [3.05, 3.63) is 58.9 Å². The van der Waals surface area contributed by atoms with Crippen LogP contribution in [0, 0.1) is 5.82 Å². The molecular weight excluding hydrogens is 424 g/mol. The van der Waals surface area contributed by atoms with Gasteiger partial charge >= 0.3 is 6.18 Å². The molecule has 0 aliphatic carbocycles. The normalized spacial score (nSPS) is 16.0. The average Bonchev–Trinajstić information content (AvgIpc) is 3.21. The maximum atomic E-state index is 14.2. The number of anilines is 1. The Labute approximate surface area is 186 Å². The highest BCUT2D eigenvalue weighted by molar-refractivity contribution is 5.93. The van der Waals surface area contributed by atoms with Gasteiger partial charge in [0, 0.05) is 18.3 Å². The minimum Gasteiger partial charge on any atom is -0.491 e. The third kappa shape index (κ3) is 5.93. The lowest BCUT2D eigenvalue weighted by Gasteiger charge is -2.28. The molecule has 1 amide bonds. The van der Waals surface area contributed by atoms with Crippen molar-refractivity contribution in [3.63, 3.8) is 0 Å². The second-order valence-electron chi connectivity index (χ2n) is 7.73. The molecule has 1 fully saturated rings. The first kappa shape index (κ1) is 25.5. The van der Waals surface area contributed by atoms with E-state index in [1.54, 1.807) is 0 Å². The number of rotatable bonds is 6. The van der Waals surface area contributed by atoms with Crippen LogP contribution in [-0.4, -0.2) is 25.1 Å². The summed E-state index contributed by atoms with van der Waals surface area (Å²) in [6.45, 7) is 8.74. The number of nitrogens with zero attached hydrogens (tertiary/aromatic N) is 1. The number of primary amides is 1. The summed E-state index contributed by atoms with van der Waals surface area (Å²) in [4.78, 5) is 13.4. The summed E-state index contributed by atoms with van der Waals surface area (Å²) < 4.78 is 58.6. The van der Waals surface area contributed by atoms with Crippen LogP contribution in [0.3, 0.4) is 0 Å². The van der Waals surface area contributed by atoms with Crippen LogP contribution in [0.15, 0.2) is 36.4 Å². The molecule has 1 atom stereocenters. The Kier molecular flexibility index (Phi) is 8.52. The zero-order chi connectivity index (χ0) is 24.1. The summed E-state index contributed by atoms with van der Waals surface area (Å²) in [6, 6.07) is 7.60. The van der Waals surface area contributed by atoms with Gasteiger partial charge in [-0.05, 0) is 54.7 Å². The van der Waals surface area contributed by atoms with E-state index in [-0.39, 0.29) is 24.1 Å². The van der Waals surface area contributed by atoms with E-state index in [0.717, 1.165) is 25.0 Å². The first-order valence-electron chi connectivity index (χ1n) is 10.8. The van der Waals surface area contributed by atoms with E-state index in [1.807, 2.05) is 32.6 Å². The number of carbonyl (C=O) groups excluding carboxylic acids is 1. The summed E-state index contributed by atoms with van der Waals surface area (Å²) in [7, 11) is 0. The Morgan fingerprint density at radius 1 is 1.19 bits per heavy atom. The molecule has 32 heavy (non-hydrogen) atoms. The molecule has 1 unspecified atom stereocenters. The quantitative estimate of drug-likeness (QED) is 0.534. The average molecular weight is 455 g/mol. The van der Waals surface area contributed by atoms with Gasteiger partial charge in [0.25, 0.3) is 5.91 Å². The van der Waals surface area contributed by atoms with Gasteiger partial charge in [0.1, 0.15) is 18.2 Å². The van der Waals surface area contributed by atoms with Crippen molar-refractivity contribution in [2.45, 2.75) is 58.7 Å². The van der Waals surface area contributed by atoms with Gasteiger partial charge in [-0.1, -0.05) is 27.7 Å². The van der Waals surface area contributed by atoms with Gasteiger partial charge in [0.15, 0.2) is 0 Å². The van der Waals surface area contributed by atoms with Crippen LogP contribution in [0.5, 0.6) is 5.75 Å². The van der Waals surface area contributed by atoms with Crippen LogP contribution in [0.2, 0.25) is 0 Å². The third-order valence-electron chi connectivity index (χ3n) is 5.32. The smallest absolute Gasteiger partial charge is 0.416 e. The number of hydrogen-bond acceptors (Lipinski definition) is 3. The molecule has 4 nitrogen and oxygen atoms in total. The SMILES string of the molecule is CC.CC(C)c1cc(C(N)=O)c(F)cc1OCC1CCCN1c1ccc(C(F)(F)F)cc1. The minimum atomic E-state index is -4.37. The van der Waals surface area contributed by atoms with Crippen molar-refractivity contribution in [2.24, 2.45) is 5.73 Å². The first-order valence-corrected chi connectivity index (χ1v) is 10.8. The molecule has 2 N–H and O–H groups in total. The van der Waals surface area contributed by atoms with E-state index in [2.05, 4.69) is 0 Å². The Hall–Kier alpha value is -2.77. The van der Waals surface area contributed by atoms with Gasteiger partial charge in [-0.3, -0.25) is 4.79 Å². The highest BCUT2D eigenvalue weighted by atomic mass is 19.4. The van der Waals surface area contributed by atoms with Gasteiger partial charge in [-0.2, -0.15) is 13.2 Å². The molecule has 2 aromatic carbocycles. The summed E-state index contributed by atoms with van der Waals surface area (Å²) in [5.74, 6) is -1.27. The summed E-state index contributed by atoms with van der Waals surface area (Å²) >= 11 is 0. The molecular formula is C24H30F4N2O2. The predicted octanol–water partition coefficient (Wildman–Crippen LogP) is 6.14. The number of halogens is 4. The van der Waals surface area contributed by atoms with E-state index in [0.29, 0.717) is 23.5 Å². The van der Waals surface area contributed by atoms with Crippen LogP contribution < -0.4 is 15.4 Å². The number of alkyl halides is 3. The van der Waals surface area contributed by atoms with Gasteiger partial charge in [0.2, 0.25) is 0 Å². The van der Waals surface area contributed by atoms with Gasteiger partial charge < -0.3 is 15.4 Å². The molecule has 1 saturated heterocycles. The van der Waals surface area contributed by atoms with E-state index in [9.17, 15) is 22.4 Å². The molecule has 1 aliphatic heterocycles. The van der Waals surface area contributed by atoms with Crippen molar-refractivity contribution in [1.82, 2.24) is 0 Å². The molecule has 0 aromatic heterocycles. The van der Waals surface area contributed by atoms with Gasteiger partial charge in [0.05, 0.1) is 17.2 Å². The second kappa shape index (κ2) is 10.7. The zero-order valence-electron chi connectivity index (χ0n) is 18.8. The number of hydrogen-bond donors (Lipinski definition) is 1. The molecule has 0 saturated carbocycles. The summed E-state index contributed by atoms with van der Waals surface area (Å²) in [5, 5.41) is 0. The lowest BCUT2D eigenvalue weighted by atomic mass is 9.99. The maximum Gasteiger partial charge on any atom is 0.416 e. The van der Waals surface area contributed by atoms with Crippen molar-refractivity contribution >= 4 is 11.6 Å². The van der Waals surface area contributed by atoms with Crippen LogP contribution in [0.25, 0.3) is 0 Å². The number of ether oxygens (including phenoxy) is 1. The predicted molar refractivity (Wildman–Crippen MR) is 118 cm³/mol. The fourth-order valence-electron chi connectivity index (χ4n) is 3.71. The first-order chi connectivity index (χ1) is 15.1. The Morgan fingerprint density at radius 2 is 1.81 bits per heavy atom. The van der Waals surface area contributed by atoms with E-state index in [1.165, 1.54) is 24.3 Å². The topological polar surface area (TPSA) is 55.6 Å². The summed E-state index contributed by atoms with van der Waals surface area (Å²) in [6.07, 6.45) is -2.69. The zero-order valence-corrected chi connectivity index (χ0v) is 18.8. The van der Waals surface area contributed by atoms with E-state index in [4.69, 9.17) is 10.5 Å². The number of carbonyl (C=O) groups is 1. The monoisotopic (exact) mass is 454 g/mol. The van der Waals surface area contributed by atoms with Crippen LogP contribution in [-0.2, 0) is 6.18 Å². The largest absolute Gasteiger partial charge is 0.491 e. The lowest BCUT2D eigenvalue weighted by Crippen LogP contribution is -2.34. The molecule has 0 radical (unpaired) electrons. The molecule has 2 aromatic rings. The minimum absolute atomic E-state index is 0.0201. The molecule has 0 bridgehead atoms. The number of amides is 1. The van der Waals surface area contributed by atoms with Crippen molar-refractivity contribution in [1.29, 1.82) is 0 Å². The Balaban J connectivity index is 0.00000176. The highest BCUT2D eigenvalue weighted by Crippen LogP contribution is 2.34. The fraction of sp³-hybridized carbons (Fsp3) is 0.458. The van der Waals surface area contributed by atoms with Crippen LogP contribution >= 0.6 is 0 Å². The molecule has 0 spiro atoms. The number of benzene rings is 2. The molecule has 176 valence electrons. The molecule has 8 heteroatoms. The Bertz CT molecular complexity index is 911. The fourth-order valence-corrected chi connectivity index (χ4v) is 3.71. The second-order valence-corrected chi connectivity index (χ2v) is 7.73. The summed E-state index contributed by atoms with van der Waals surface area (Å²) in [5.41, 5.74) is 5.72. The molecule has 1 heterocycles. The Morgan fingerprint density at radius 3 is 2.34 bits per heavy atom. The van der Waals surface area contributed by atoms with E-state index < -0.39 is 23.5 Å². The van der Waals surface area contributed by atoms with Crippen molar-refractivity contribution in [3.8, 4) is 5.75 Å².